The Morgan fingerprint density at radius 1 is 0.684 bits per heavy atom. The van der Waals surface area contributed by atoms with E-state index in [-0.39, 0.29) is 31.2 Å². The zero-order valence-corrected chi connectivity index (χ0v) is 34.7. The fraction of sp³-hybridized carbons (Fsp3) is 0.381. The molecule has 0 atom stereocenters. The molecular weight excluding hydrogens is 836 g/mol. The average molecular weight is 882 g/mol. The molecule has 0 aliphatic carbocycles. The number of thiazole rings is 2. The first kappa shape index (κ1) is 41.9. The molecule has 4 heterocycles. The zero-order valence-electron chi connectivity index (χ0n) is 31.5. The molecule has 2 amide bonds. The van der Waals surface area contributed by atoms with Crippen molar-refractivity contribution in [1.29, 1.82) is 0 Å². The first-order chi connectivity index (χ1) is 27.9. The van der Waals surface area contributed by atoms with Gasteiger partial charge in [-0.25, -0.2) is 23.9 Å². The van der Waals surface area contributed by atoms with Gasteiger partial charge in [0.25, 0.3) is 0 Å². The Labute approximate surface area is 348 Å². The van der Waals surface area contributed by atoms with Gasteiger partial charge in [-0.05, 0) is 121 Å². The maximum atomic E-state index is 13.1. The third-order valence-electron chi connectivity index (χ3n) is 9.67. The summed E-state index contributed by atoms with van der Waals surface area (Å²) in [5, 5.41) is 3.77. The number of aromatic nitrogens is 2. The van der Waals surface area contributed by atoms with Gasteiger partial charge in [0.15, 0.2) is 0 Å². The van der Waals surface area contributed by atoms with Crippen molar-refractivity contribution in [2.24, 2.45) is 11.8 Å². The summed E-state index contributed by atoms with van der Waals surface area (Å²) in [6, 6.07) is 21.8. The summed E-state index contributed by atoms with van der Waals surface area (Å²) in [4.78, 5) is 36.0. The second-order valence-corrected chi connectivity index (χ2v) is 16.0. The number of likely N-dealkylation sites (tertiary alicyclic amines) is 2. The van der Waals surface area contributed by atoms with Crippen molar-refractivity contribution in [3.8, 4) is 23.0 Å². The molecule has 2 aromatic heterocycles. The SMILES string of the molecule is O=C(OCc1cscn1)N1CCC(CCOc2ccc(F)cc2Br)CC1.O=C(OCc1cscn1)N1CCC(CCOc2ccc(Oc3ccccc3)cc2)CC1. The van der Waals surface area contributed by atoms with E-state index in [4.69, 9.17) is 23.7 Å². The van der Waals surface area contributed by atoms with E-state index >= 15 is 0 Å². The van der Waals surface area contributed by atoms with Gasteiger partial charge in [-0.2, -0.15) is 0 Å². The van der Waals surface area contributed by atoms with Crippen LogP contribution in [0.1, 0.15) is 49.9 Å². The van der Waals surface area contributed by atoms with Crippen molar-refractivity contribution in [3.63, 3.8) is 0 Å². The van der Waals surface area contributed by atoms with E-state index in [1.54, 1.807) is 26.9 Å². The van der Waals surface area contributed by atoms with E-state index in [1.807, 2.05) is 65.4 Å². The molecule has 0 bridgehead atoms. The van der Waals surface area contributed by atoms with E-state index in [9.17, 15) is 14.0 Å². The lowest BCUT2D eigenvalue weighted by Gasteiger charge is -2.31. The highest BCUT2D eigenvalue weighted by Crippen LogP contribution is 2.28. The Morgan fingerprint density at radius 3 is 1.70 bits per heavy atom. The second kappa shape index (κ2) is 22.3. The normalized spacial score (nSPS) is 14.6. The van der Waals surface area contributed by atoms with Crippen molar-refractivity contribution < 1.29 is 37.7 Å². The Morgan fingerprint density at radius 2 is 1.19 bits per heavy atom. The summed E-state index contributed by atoms with van der Waals surface area (Å²) in [6.07, 6.45) is 5.16. The fourth-order valence-corrected chi connectivity index (χ4v) is 7.93. The Bertz CT molecular complexity index is 1930. The molecule has 2 saturated heterocycles. The van der Waals surface area contributed by atoms with Gasteiger partial charge >= 0.3 is 12.2 Å². The van der Waals surface area contributed by atoms with Crippen molar-refractivity contribution in [3.05, 3.63) is 116 Å². The fourth-order valence-electron chi connectivity index (χ4n) is 6.38. The van der Waals surface area contributed by atoms with Gasteiger partial charge in [-0.1, -0.05) is 18.2 Å². The van der Waals surface area contributed by atoms with E-state index < -0.39 is 0 Å². The van der Waals surface area contributed by atoms with Crippen LogP contribution in [0.25, 0.3) is 0 Å². The molecule has 2 aliphatic heterocycles. The van der Waals surface area contributed by atoms with E-state index in [0.29, 0.717) is 48.4 Å². The Kier molecular flexibility index (Phi) is 16.4. The number of nitrogens with zero attached hydrogens (tertiary/aromatic N) is 4. The highest BCUT2D eigenvalue weighted by atomic mass is 79.9. The third-order valence-corrected chi connectivity index (χ3v) is 11.6. The summed E-state index contributed by atoms with van der Waals surface area (Å²) >= 11 is 6.28. The van der Waals surface area contributed by atoms with Crippen LogP contribution in [0.2, 0.25) is 0 Å². The van der Waals surface area contributed by atoms with Crippen LogP contribution >= 0.6 is 38.6 Å². The maximum absolute atomic E-state index is 13.1. The summed E-state index contributed by atoms with van der Waals surface area (Å²) < 4.78 is 41.7. The van der Waals surface area contributed by atoms with Gasteiger partial charge in [0.05, 0.1) is 40.1 Å². The number of carbonyl (C=O) groups excluding carboxylic acids is 2. The molecule has 3 aromatic carbocycles. The van der Waals surface area contributed by atoms with Crippen LogP contribution in [0, 0.1) is 17.7 Å². The lowest BCUT2D eigenvalue weighted by molar-refractivity contribution is 0.0785. The zero-order chi connectivity index (χ0) is 39.7. The topological polar surface area (TPSA) is 113 Å². The minimum atomic E-state index is -0.293. The summed E-state index contributed by atoms with van der Waals surface area (Å²) in [6.45, 7) is 4.55. The van der Waals surface area contributed by atoms with Crippen molar-refractivity contribution >= 4 is 50.8 Å². The van der Waals surface area contributed by atoms with Gasteiger partial charge in [0.2, 0.25) is 0 Å². The van der Waals surface area contributed by atoms with Crippen LogP contribution < -0.4 is 14.2 Å². The lowest BCUT2D eigenvalue weighted by Crippen LogP contribution is -2.39. The molecule has 11 nitrogen and oxygen atoms in total. The average Bonchev–Trinajstić information content (AvgIpc) is 3.97. The van der Waals surface area contributed by atoms with Crippen LogP contribution in [0.3, 0.4) is 0 Å². The number of carbonyl (C=O) groups is 2. The van der Waals surface area contributed by atoms with Gasteiger partial charge in [-0.3, -0.25) is 0 Å². The van der Waals surface area contributed by atoms with E-state index in [0.717, 1.165) is 80.3 Å². The van der Waals surface area contributed by atoms with Crippen LogP contribution in [-0.2, 0) is 22.7 Å². The molecule has 0 unspecified atom stereocenters. The molecule has 2 aliphatic rings. The van der Waals surface area contributed by atoms with Crippen LogP contribution in [0.5, 0.6) is 23.0 Å². The van der Waals surface area contributed by atoms with Gasteiger partial charge in [0, 0.05) is 36.9 Å². The minimum Gasteiger partial charge on any atom is -0.494 e. The van der Waals surface area contributed by atoms with Crippen molar-refractivity contribution in [1.82, 2.24) is 19.8 Å². The summed E-state index contributed by atoms with van der Waals surface area (Å²) in [5.41, 5.74) is 5.04. The first-order valence-electron chi connectivity index (χ1n) is 19.0. The number of hydrogen-bond donors (Lipinski definition) is 0. The Balaban J connectivity index is 0.000000196. The van der Waals surface area contributed by atoms with Gasteiger partial charge < -0.3 is 33.5 Å². The van der Waals surface area contributed by atoms with Crippen molar-refractivity contribution in [2.75, 3.05) is 39.4 Å². The van der Waals surface area contributed by atoms with Gasteiger partial charge in [-0.15, -0.1) is 22.7 Å². The number of hydrogen-bond acceptors (Lipinski definition) is 11. The smallest absolute Gasteiger partial charge is 0.410 e. The Hall–Kier alpha value is -4.73. The number of benzene rings is 3. The standard InChI is InChI=1S/C24H26N2O4S.C18H20BrFN2O3S/c27-24(29-16-20-17-31-18-25-20)26-13-10-19(11-14-26)12-15-28-21-6-8-23(9-7-21)30-22-4-2-1-3-5-22;19-16-9-14(20)1-2-17(16)24-8-5-13-3-6-22(7-4-13)18(23)25-10-15-11-26-12-21-15/h1-9,17-19H,10-16H2;1-2,9,11-13H,3-8,10H2. The molecule has 0 spiro atoms. The number of ether oxygens (including phenoxy) is 5. The number of amides is 2. The summed E-state index contributed by atoms with van der Waals surface area (Å²) in [5.74, 6) is 3.86. The molecule has 302 valence electrons. The van der Waals surface area contributed by atoms with E-state index in [1.165, 1.54) is 34.8 Å². The number of piperidine rings is 2. The van der Waals surface area contributed by atoms with Crippen LogP contribution in [0.4, 0.5) is 14.0 Å². The molecule has 0 N–H and O–H groups in total. The largest absolute Gasteiger partial charge is 0.494 e. The molecule has 2 fully saturated rings. The second-order valence-electron chi connectivity index (χ2n) is 13.7. The third kappa shape index (κ3) is 14.0. The quantitative estimate of drug-likeness (QED) is 0.108. The first-order valence-corrected chi connectivity index (χ1v) is 21.7. The predicted molar refractivity (Wildman–Crippen MR) is 220 cm³/mol. The summed E-state index contributed by atoms with van der Waals surface area (Å²) in [7, 11) is 0. The monoisotopic (exact) mass is 880 g/mol. The highest BCUT2D eigenvalue weighted by Gasteiger charge is 2.25. The highest BCUT2D eigenvalue weighted by molar-refractivity contribution is 9.10. The number of para-hydroxylation sites is 1. The van der Waals surface area contributed by atoms with Gasteiger partial charge in [0.1, 0.15) is 42.0 Å². The van der Waals surface area contributed by atoms with Crippen molar-refractivity contribution in [2.45, 2.75) is 51.7 Å². The molecule has 7 rings (SSSR count). The van der Waals surface area contributed by atoms with E-state index in [2.05, 4.69) is 25.9 Å². The molecule has 0 radical (unpaired) electrons. The van der Waals surface area contributed by atoms with Crippen LogP contribution in [-0.4, -0.2) is 71.3 Å². The minimum absolute atomic E-state index is 0.225. The number of halogens is 2. The molecule has 57 heavy (non-hydrogen) atoms. The molecular formula is C42H46BrFN4O7S2. The molecule has 5 aromatic rings. The molecule has 0 saturated carbocycles. The predicted octanol–water partition coefficient (Wildman–Crippen LogP) is 10.6. The lowest BCUT2D eigenvalue weighted by atomic mass is 9.94. The van der Waals surface area contributed by atoms with Crippen LogP contribution in [0.15, 0.2) is 99.1 Å². The number of rotatable bonds is 14. The maximum Gasteiger partial charge on any atom is 0.410 e. The molecule has 15 heteroatoms.